The van der Waals surface area contributed by atoms with Crippen LogP contribution in [0.3, 0.4) is 0 Å². The molecule has 226 valence electrons. The summed E-state index contributed by atoms with van der Waals surface area (Å²) >= 11 is 0. The number of nitrogens with one attached hydrogen (secondary N) is 3. The van der Waals surface area contributed by atoms with Gasteiger partial charge in [-0.3, -0.25) is 19.2 Å². The van der Waals surface area contributed by atoms with Crippen molar-refractivity contribution in [3.8, 4) is 11.5 Å². The number of para-hydroxylation sites is 2. The third-order valence-electron chi connectivity index (χ3n) is 7.68. The van der Waals surface area contributed by atoms with E-state index in [0.717, 1.165) is 24.2 Å². The molecule has 42 heavy (non-hydrogen) atoms. The van der Waals surface area contributed by atoms with Crippen LogP contribution in [0.4, 0.5) is 0 Å². The average Bonchev–Trinajstić information content (AvgIpc) is 3.44. The van der Waals surface area contributed by atoms with Gasteiger partial charge in [-0.1, -0.05) is 58.0 Å². The number of fused-ring (bicyclic) bond motifs is 2. The first kappa shape index (κ1) is 30.9. The molecule has 0 bridgehead atoms. The molecule has 10 heteroatoms. The van der Waals surface area contributed by atoms with Gasteiger partial charge in [-0.15, -0.1) is 0 Å². The molecule has 4 rings (SSSR count). The Morgan fingerprint density at radius 1 is 1.05 bits per heavy atom. The predicted molar refractivity (Wildman–Crippen MR) is 158 cm³/mol. The van der Waals surface area contributed by atoms with Gasteiger partial charge in [-0.25, -0.2) is 0 Å². The van der Waals surface area contributed by atoms with E-state index in [-0.39, 0.29) is 55.5 Å². The second-order valence-electron chi connectivity index (χ2n) is 11.5. The fraction of sp³-hybridized carbons (Fsp3) is 0.500. The van der Waals surface area contributed by atoms with Gasteiger partial charge in [-0.05, 0) is 48.4 Å². The zero-order valence-electron chi connectivity index (χ0n) is 24.9. The van der Waals surface area contributed by atoms with Gasteiger partial charge in [0, 0.05) is 6.54 Å². The largest absolute Gasteiger partial charge is 0.491 e. The molecule has 4 amide bonds. The van der Waals surface area contributed by atoms with Crippen LogP contribution in [0.25, 0.3) is 0 Å². The summed E-state index contributed by atoms with van der Waals surface area (Å²) in [5.74, 6) is -0.528. The van der Waals surface area contributed by atoms with Crippen LogP contribution < -0.4 is 25.4 Å². The highest BCUT2D eigenvalue weighted by Crippen LogP contribution is 2.26. The maximum atomic E-state index is 13.5. The number of rotatable bonds is 7. The molecule has 10 nitrogen and oxygen atoms in total. The van der Waals surface area contributed by atoms with Gasteiger partial charge in [-0.2, -0.15) is 0 Å². The molecule has 0 aliphatic carbocycles. The Morgan fingerprint density at radius 2 is 1.79 bits per heavy atom. The maximum absolute atomic E-state index is 13.5. The van der Waals surface area contributed by atoms with Crippen LogP contribution in [-0.4, -0.2) is 73.0 Å². The van der Waals surface area contributed by atoms with Gasteiger partial charge in [0.25, 0.3) is 5.91 Å². The van der Waals surface area contributed by atoms with Crippen LogP contribution in [0.2, 0.25) is 0 Å². The van der Waals surface area contributed by atoms with E-state index >= 15 is 0 Å². The van der Waals surface area contributed by atoms with Crippen LogP contribution in [0.15, 0.2) is 48.5 Å². The van der Waals surface area contributed by atoms with Crippen molar-refractivity contribution in [3.05, 3.63) is 59.7 Å². The van der Waals surface area contributed by atoms with Crippen molar-refractivity contribution in [2.24, 2.45) is 5.92 Å². The number of amides is 4. The highest BCUT2D eigenvalue weighted by Gasteiger charge is 2.37. The van der Waals surface area contributed by atoms with E-state index < -0.39 is 29.8 Å². The summed E-state index contributed by atoms with van der Waals surface area (Å²) in [4.78, 5) is 55.2. The Kier molecular flexibility index (Phi) is 10.4. The van der Waals surface area contributed by atoms with E-state index in [2.05, 4.69) is 29.8 Å². The van der Waals surface area contributed by atoms with Crippen molar-refractivity contribution in [3.63, 3.8) is 0 Å². The van der Waals surface area contributed by atoms with Crippen molar-refractivity contribution in [1.29, 1.82) is 0 Å². The molecule has 0 aromatic heterocycles. The minimum absolute atomic E-state index is 0.164. The van der Waals surface area contributed by atoms with Gasteiger partial charge in [0.1, 0.15) is 36.8 Å². The summed E-state index contributed by atoms with van der Waals surface area (Å²) in [5, 5.41) is 8.32. The summed E-state index contributed by atoms with van der Waals surface area (Å²) in [5.41, 5.74) is 1.31. The van der Waals surface area contributed by atoms with Crippen molar-refractivity contribution < 1.29 is 28.7 Å². The SMILES string of the molecule is CC(C)c1ccccc1OCCNC(=O)[C@@H]1CC(=O)N[C@H](C(C)C)C(=O)N2CCC[C@H]2COc2ccccc2C(=O)N1. The third-order valence-corrected chi connectivity index (χ3v) is 7.68. The number of hydrogen-bond acceptors (Lipinski definition) is 6. The van der Waals surface area contributed by atoms with Crippen LogP contribution in [0.5, 0.6) is 11.5 Å². The topological polar surface area (TPSA) is 126 Å². The number of carbonyl (C=O) groups is 4. The van der Waals surface area contributed by atoms with E-state index in [0.29, 0.717) is 12.3 Å². The van der Waals surface area contributed by atoms with Crippen molar-refractivity contribution in [2.75, 3.05) is 26.3 Å². The van der Waals surface area contributed by atoms with Crippen LogP contribution in [0.1, 0.15) is 68.8 Å². The van der Waals surface area contributed by atoms with Gasteiger partial charge in [0.05, 0.1) is 24.6 Å². The van der Waals surface area contributed by atoms with Crippen molar-refractivity contribution in [2.45, 2.75) is 71.0 Å². The monoisotopic (exact) mass is 578 g/mol. The summed E-state index contributed by atoms with van der Waals surface area (Å²) in [6, 6.07) is 12.4. The van der Waals surface area contributed by atoms with Gasteiger partial charge in [0.2, 0.25) is 17.7 Å². The molecule has 2 heterocycles. The van der Waals surface area contributed by atoms with E-state index in [9.17, 15) is 19.2 Å². The molecule has 2 aromatic carbocycles. The Labute approximate surface area is 247 Å². The standard InChI is InChI=1S/C32H42N4O6/c1-20(2)23-11-5-7-13-26(23)41-17-15-33-31(39)25-18-28(37)35-29(21(3)4)32(40)36-16-9-10-22(36)19-42-27-14-8-6-12-24(27)30(38)34-25/h5-8,11-14,20-22,25,29H,9-10,15-19H2,1-4H3,(H,33,39)(H,34,38)(H,35,37)/t22-,25-,29+/m0/s1. The van der Waals surface area contributed by atoms with E-state index in [1.165, 1.54) is 0 Å². The minimum Gasteiger partial charge on any atom is -0.491 e. The number of ether oxygens (including phenoxy) is 2. The Bertz CT molecular complexity index is 1280. The predicted octanol–water partition coefficient (Wildman–Crippen LogP) is 3.02. The molecule has 3 atom stereocenters. The molecular formula is C32H42N4O6. The number of carbonyl (C=O) groups excluding carboxylic acids is 4. The molecular weight excluding hydrogens is 536 g/mol. The molecule has 2 aliphatic rings. The second kappa shape index (κ2) is 14.2. The first-order chi connectivity index (χ1) is 20.2. The van der Waals surface area contributed by atoms with Crippen molar-refractivity contribution in [1.82, 2.24) is 20.9 Å². The van der Waals surface area contributed by atoms with Gasteiger partial charge < -0.3 is 30.3 Å². The van der Waals surface area contributed by atoms with E-state index in [1.54, 1.807) is 29.2 Å². The Balaban J connectivity index is 1.51. The summed E-state index contributed by atoms with van der Waals surface area (Å²) in [7, 11) is 0. The van der Waals surface area contributed by atoms with Crippen LogP contribution >= 0.6 is 0 Å². The lowest BCUT2D eigenvalue weighted by atomic mass is 10.0. The summed E-state index contributed by atoms with van der Waals surface area (Å²) in [6.07, 6.45) is 1.27. The minimum atomic E-state index is -1.18. The molecule has 0 radical (unpaired) electrons. The molecule has 0 saturated carbocycles. The zero-order valence-corrected chi connectivity index (χ0v) is 24.9. The molecule has 2 aliphatic heterocycles. The number of hydrogen-bond donors (Lipinski definition) is 3. The smallest absolute Gasteiger partial charge is 0.255 e. The van der Waals surface area contributed by atoms with Gasteiger partial charge >= 0.3 is 0 Å². The molecule has 0 spiro atoms. The highest BCUT2D eigenvalue weighted by molar-refractivity contribution is 6.01. The molecule has 0 unspecified atom stereocenters. The molecule has 3 N–H and O–H groups in total. The molecule has 1 fully saturated rings. The first-order valence-electron chi connectivity index (χ1n) is 14.8. The normalized spacial score (nSPS) is 21.5. The van der Waals surface area contributed by atoms with E-state index in [1.807, 2.05) is 38.1 Å². The molecule has 2 aromatic rings. The maximum Gasteiger partial charge on any atom is 0.255 e. The molecule has 1 saturated heterocycles. The fourth-order valence-corrected chi connectivity index (χ4v) is 5.37. The fourth-order valence-electron chi connectivity index (χ4n) is 5.37. The zero-order chi connectivity index (χ0) is 30.2. The third kappa shape index (κ3) is 7.60. The number of nitrogens with zero attached hydrogens (tertiary/aromatic N) is 1. The lowest BCUT2D eigenvalue weighted by molar-refractivity contribution is -0.139. The Morgan fingerprint density at radius 3 is 2.55 bits per heavy atom. The van der Waals surface area contributed by atoms with Crippen LogP contribution in [-0.2, 0) is 14.4 Å². The van der Waals surface area contributed by atoms with Gasteiger partial charge in [0.15, 0.2) is 0 Å². The summed E-state index contributed by atoms with van der Waals surface area (Å²) in [6.45, 7) is 9.06. The highest BCUT2D eigenvalue weighted by atomic mass is 16.5. The van der Waals surface area contributed by atoms with Crippen LogP contribution in [0, 0.1) is 5.92 Å². The number of benzene rings is 2. The summed E-state index contributed by atoms with van der Waals surface area (Å²) < 4.78 is 12.0. The quantitative estimate of drug-likeness (QED) is 0.434. The lowest BCUT2D eigenvalue weighted by Gasteiger charge is -2.32. The van der Waals surface area contributed by atoms with E-state index in [4.69, 9.17) is 9.47 Å². The lowest BCUT2D eigenvalue weighted by Crippen LogP contribution is -2.55. The first-order valence-corrected chi connectivity index (χ1v) is 14.8. The van der Waals surface area contributed by atoms with Crippen molar-refractivity contribution >= 4 is 23.6 Å². The average molecular weight is 579 g/mol. The second-order valence-corrected chi connectivity index (χ2v) is 11.5. The Hall–Kier alpha value is -4.08.